The van der Waals surface area contributed by atoms with Gasteiger partial charge in [0.05, 0.1) is 46.2 Å². The Morgan fingerprint density at radius 3 is 1.14 bits per heavy atom. The highest BCUT2D eigenvalue weighted by Crippen LogP contribution is 2.39. The molecule has 3 amide bonds. The average molecular weight is 1250 g/mol. The molecular weight excluding hydrogens is 1170 g/mol. The number of aliphatic hydroxyl groups excluding tert-OH is 19. The van der Waals surface area contributed by atoms with E-state index in [1.54, 1.807) is 0 Å². The first kappa shape index (κ1) is 69.6. The van der Waals surface area contributed by atoms with Crippen molar-refractivity contribution in [2.24, 2.45) is 0 Å². The van der Waals surface area contributed by atoms with Crippen LogP contribution in [0.15, 0.2) is 0 Å². The Kier molecular flexibility index (Phi) is 24.8. The normalized spacial score (nSPS) is 48.8. The largest absolute Gasteiger partial charge is 0.394 e. The van der Waals surface area contributed by atoms with Crippen LogP contribution in [0.1, 0.15) is 20.8 Å². The predicted octanol–water partition coefficient (Wildman–Crippen LogP) is -15.2. The Labute approximate surface area is 481 Å². The minimum atomic E-state index is -2.37. The van der Waals surface area contributed by atoms with E-state index in [4.69, 9.17) is 61.6 Å². The molecule has 0 radical (unpaired) electrons. The molecule has 7 rings (SSSR count). The van der Waals surface area contributed by atoms with Gasteiger partial charge >= 0.3 is 0 Å². The minimum absolute atomic E-state index is 0.748. The second-order valence-electron chi connectivity index (χ2n) is 21.3. The number of ether oxygens (including phenoxy) is 13. The molecular formula is C47H79N3O35. The Bertz CT molecular complexity index is 2130. The van der Waals surface area contributed by atoms with E-state index >= 15 is 0 Å². The van der Waals surface area contributed by atoms with Gasteiger partial charge in [-0.25, -0.2) is 0 Å². The van der Waals surface area contributed by atoms with Gasteiger partial charge in [-0.3, -0.25) is 14.4 Å². The van der Waals surface area contributed by atoms with E-state index in [0.29, 0.717) is 0 Å². The first-order valence-corrected chi connectivity index (χ1v) is 27.0. The van der Waals surface area contributed by atoms with Crippen molar-refractivity contribution < 1.29 is 173 Å². The van der Waals surface area contributed by atoms with Crippen LogP contribution in [-0.2, 0) is 76.0 Å². The Morgan fingerprint density at radius 2 is 0.635 bits per heavy atom. The maximum absolute atomic E-state index is 12.8. The van der Waals surface area contributed by atoms with E-state index in [9.17, 15) is 111 Å². The molecule has 1 unspecified atom stereocenters. The van der Waals surface area contributed by atoms with E-state index in [2.05, 4.69) is 16.0 Å². The molecule has 0 bridgehead atoms. The monoisotopic (exact) mass is 1250 g/mol. The fourth-order valence-corrected chi connectivity index (χ4v) is 10.9. The molecule has 0 spiro atoms. The predicted molar refractivity (Wildman–Crippen MR) is 261 cm³/mol. The zero-order valence-electron chi connectivity index (χ0n) is 45.6. The van der Waals surface area contributed by atoms with Gasteiger partial charge in [-0.15, -0.1) is 0 Å². The zero-order valence-corrected chi connectivity index (χ0v) is 45.6. The van der Waals surface area contributed by atoms with E-state index in [0.717, 1.165) is 20.8 Å². The molecule has 85 heavy (non-hydrogen) atoms. The number of hydrogen-bond donors (Lipinski definition) is 22. The van der Waals surface area contributed by atoms with Gasteiger partial charge in [0.15, 0.2) is 44.0 Å². The van der Waals surface area contributed by atoms with Crippen LogP contribution in [0.3, 0.4) is 0 Å². The van der Waals surface area contributed by atoms with Crippen molar-refractivity contribution in [3.05, 3.63) is 0 Å². The molecule has 492 valence electrons. The molecule has 7 aliphatic rings. The summed E-state index contributed by atoms with van der Waals surface area (Å²) in [5, 5.41) is 214. The number of aliphatic hydroxyl groups is 19. The van der Waals surface area contributed by atoms with Crippen molar-refractivity contribution in [1.29, 1.82) is 0 Å². The lowest BCUT2D eigenvalue weighted by molar-refractivity contribution is -0.401. The molecule has 0 saturated carbocycles. The number of hydrogen-bond acceptors (Lipinski definition) is 35. The molecule has 7 saturated heterocycles. The summed E-state index contributed by atoms with van der Waals surface area (Å²) >= 11 is 0. The molecule has 7 fully saturated rings. The molecule has 38 heteroatoms. The van der Waals surface area contributed by atoms with Gasteiger partial charge in [-0.2, -0.15) is 0 Å². The topological polar surface area (TPSA) is 592 Å². The van der Waals surface area contributed by atoms with Crippen LogP contribution < -0.4 is 16.0 Å². The standard InChI is InChI=1S/C47H79N3O35/c1-11(57)48-21-29(65)36(17(7-54)74-41(21)72)81-43-23(50-13(3)59)30(66)37(18(8-55)78-43)83-47-40(85-45-33(69)26(62)16(6-53)77-45)39(27(63)20(80-47)10-73-44-34(70)31(67)25(61)15(5-52)76-44)84-46-35(71)32(68)38(19(9-56)79-46)82-42-22(49-12(2)58)28(64)24(60)14(4-51)75-42/h14-47,51-56,60-72H,4-10H2,1-3H3,(H,48,57)(H,49,58)(H,50,59)/t14-,15-,16-,17-,18-,19-,20-,21-,22-,23-,24-,25-,26+,27-,28-,29-,30-,31+,32-,33-,34+,35+,36-,37-,38-,39+,40+,41?,42+,43+,44+,45+,46-,47+/m1/s1. The molecule has 22 N–H and O–H groups in total. The van der Waals surface area contributed by atoms with Gasteiger partial charge in [0.2, 0.25) is 17.7 Å². The zero-order chi connectivity index (χ0) is 62.6. The van der Waals surface area contributed by atoms with Crippen LogP contribution in [0.25, 0.3) is 0 Å². The lowest BCUT2D eigenvalue weighted by Crippen LogP contribution is -2.71. The first-order chi connectivity index (χ1) is 40.2. The quantitative estimate of drug-likeness (QED) is 0.0479. The lowest BCUT2D eigenvalue weighted by Gasteiger charge is -2.51. The third-order valence-corrected chi connectivity index (χ3v) is 15.4. The summed E-state index contributed by atoms with van der Waals surface area (Å²) in [5.74, 6) is -2.41. The van der Waals surface area contributed by atoms with E-state index in [1.807, 2.05) is 0 Å². The highest BCUT2D eigenvalue weighted by Gasteiger charge is 2.60. The van der Waals surface area contributed by atoms with Gasteiger partial charge in [-0.1, -0.05) is 0 Å². The van der Waals surface area contributed by atoms with Crippen molar-refractivity contribution in [1.82, 2.24) is 16.0 Å². The van der Waals surface area contributed by atoms with Gasteiger partial charge < -0.3 is 175 Å². The van der Waals surface area contributed by atoms with Crippen molar-refractivity contribution in [2.45, 2.75) is 229 Å². The maximum atomic E-state index is 12.8. The summed E-state index contributed by atoms with van der Waals surface area (Å²) in [7, 11) is 0. The Balaban J connectivity index is 1.25. The number of carbonyl (C=O) groups is 3. The van der Waals surface area contributed by atoms with Crippen molar-refractivity contribution in [2.75, 3.05) is 46.2 Å². The summed E-state index contributed by atoms with van der Waals surface area (Å²) in [5.41, 5.74) is 0. The summed E-state index contributed by atoms with van der Waals surface area (Å²) in [6.07, 6.45) is -61.0. The van der Waals surface area contributed by atoms with Gasteiger partial charge in [-0.05, 0) is 0 Å². The molecule has 0 aromatic rings. The SMILES string of the molecule is CC(=O)N[C@H]1[C@H](O[C@H]2[C@H](O)[C@@H](NC(C)=O)C(O)O[C@@H]2CO)O[C@H](CO)[C@@H](O[C@@H]2O[C@H](CO[C@H]3O[C@H](CO)[C@@H](O)[C@H](O)[C@@H]3O)[C@@H](O)[C@H](O[C@H]3O[C@H](CO)[C@@H](O[C@@H]4O[C@H](CO)[C@@H](O)[C@H](O)[C@H]4NC(C)=O)[C@H](O)[C@@H]3O)[C@@H]2O[C@@H]2O[C@H](CO)[C@H](O)[C@H]2O)[C@@H]1O. The summed E-state index contributed by atoms with van der Waals surface area (Å²) in [4.78, 5) is 37.0. The molecule has 7 aliphatic heterocycles. The van der Waals surface area contributed by atoms with Gasteiger partial charge in [0, 0.05) is 20.8 Å². The van der Waals surface area contributed by atoms with Crippen LogP contribution in [0.2, 0.25) is 0 Å². The van der Waals surface area contributed by atoms with Crippen LogP contribution in [-0.4, -0.2) is 370 Å². The summed E-state index contributed by atoms with van der Waals surface area (Å²) in [6, 6.07) is -5.06. The number of carbonyl (C=O) groups excluding carboxylic acids is 3. The van der Waals surface area contributed by atoms with Crippen LogP contribution in [0, 0.1) is 0 Å². The highest BCUT2D eigenvalue weighted by atomic mass is 16.8. The molecule has 38 nitrogen and oxygen atoms in total. The average Bonchev–Trinajstić information content (AvgIpc) is 2.06. The molecule has 0 aromatic carbocycles. The van der Waals surface area contributed by atoms with Gasteiger partial charge in [0.1, 0.15) is 165 Å². The number of rotatable bonds is 22. The molecule has 0 aliphatic carbocycles. The van der Waals surface area contributed by atoms with Crippen LogP contribution >= 0.6 is 0 Å². The van der Waals surface area contributed by atoms with E-state index in [1.165, 1.54) is 0 Å². The number of amides is 3. The van der Waals surface area contributed by atoms with Crippen LogP contribution in [0.4, 0.5) is 0 Å². The Hall–Kier alpha value is -2.87. The second kappa shape index (κ2) is 30.3. The molecule has 7 heterocycles. The van der Waals surface area contributed by atoms with Crippen molar-refractivity contribution in [3.8, 4) is 0 Å². The number of nitrogens with one attached hydrogen (secondary N) is 3. The van der Waals surface area contributed by atoms with E-state index in [-0.39, 0.29) is 0 Å². The maximum Gasteiger partial charge on any atom is 0.217 e. The smallest absolute Gasteiger partial charge is 0.217 e. The second-order valence-corrected chi connectivity index (χ2v) is 21.3. The molecule has 34 atom stereocenters. The van der Waals surface area contributed by atoms with Gasteiger partial charge in [0.25, 0.3) is 0 Å². The highest BCUT2D eigenvalue weighted by molar-refractivity contribution is 5.74. The molecule has 0 aromatic heterocycles. The third-order valence-electron chi connectivity index (χ3n) is 15.4. The first-order valence-electron chi connectivity index (χ1n) is 27.0. The Morgan fingerprint density at radius 1 is 0.306 bits per heavy atom. The minimum Gasteiger partial charge on any atom is -0.394 e. The fourth-order valence-electron chi connectivity index (χ4n) is 10.9. The summed E-state index contributed by atoms with van der Waals surface area (Å²) < 4.78 is 76.4. The van der Waals surface area contributed by atoms with Crippen LogP contribution in [0.5, 0.6) is 0 Å². The third kappa shape index (κ3) is 15.3. The van der Waals surface area contributed by atoms with E-state index < -0.39 is 273 Å². The fraction of sp³-hybridized carbons (Fsp3) is 0.936. The van der Waals surface area contributed by atoms with Crippen molar-refractivity contribution in [3.63, 3.8) is 0 Å². The van der Waals surface area contributed by atoms with Crippen molar-refractivity contribution >= 4 is 17.7 Å². The summed E-state index contributed by atoms with van der Waals surface area (Å²) in [6.45, 7) is -3.91. The lowest BCUT2D eigenvalue weighted by atomic mass is 9.93.